The Morgan fingerprint density at radius 3 is 2.53 bits per heavy atom. The van der Waals surface area contributed by atoms with Crippen LogP contribution in [-0.4, -0.2) is 26.5 Å². The largest absolute Gasteiger partial charge is 0.354 e. The molecule has 0 aliphatic rings. The van der Waals surface area contributed by atoms with Crippen molar-refractivity contribution in [1.82, 2.24) is 19.9 Å². The number of aryl methyl sites for hydroxylation is 2. The van der Waals surface area contributed by atoms with E-state index in [4.69, 9.17) is 0 Å². The second-order valence-corrected chi connectivity index (χ2v) is 4.87. The molecule has 0 aliphatic carbocycles. The molecule has 0 saturated heterocycles. The second-order valence-electron chi connectivity index (χ2n) is 3.91. The van der Waals surface area contributed by atoms with E-state index >= 15 is 0 Å². The Kier molecular flexibility index (Phi) is 4.26. The zero-order valence-corrected chi connectivity index (χ0v) is 11.8. The molecule has 5 nitrogen and oxygen atoms in total. The molecule has 0 saturated carbocycles. The van der Waals surface area contributed by atoms with Gasteiger partial charge < -0.3 is 5.32 Å². The number of hydrogen-bond acceptors (Lipinski definition) is 6. The van der Waals surface area contributed by atoms with Crippen LogP contribution in [0.2, 0.25) is 0 Å². The van der Waals surface area contributed by atoms with Gasteiger partial charge in [-0.25, -0.2) is 24.3 Å². The fraction of sp³-hybridized carbons (Fsp3) is 0.333. The van der Waals surface area contributed by atoms with Gasteiger partial charge in [0.2, 0.25) is 5.95 Å². The fourth-order valence-corrected chi connectivity index (χ4v) is 2.33. The lowest BCUT2D eigenvalue weighted by atomic mass is 10.4. The molecule has 0 amide bonds. The molecule has 2 heterocycles. The first-order valence-electron chi connectivity index (χ1n) is 5.85. The standard InChI is InChI=1S/C12H14FN5S/c1-4-14-11-15-6-9(13)10(18-11)19-12-16-7(2)5-8(3)17-12/h5-6H,4H2,1-3H3,(H,14,15,18). The van der Waals surface area contributed by atoms with Gasteiger partial charge in [-0.1, -0.05) is 0 Å². The van der Waals surface area contributed by atoms with Crippen molar-refractivity contribution in [3.05, 3.63) is 29.5 Å². The Labute approximate surface area is 115 Å². The maximum absolute atomic E-state index is 13.7. The van der Waals surface area contributed by atoms with E-state index in [9.17, 15) is 4.39 Å². The number of anilines is 1. The number of rotatable bonds is 4. The van der Waals surface area contributed by atoms with E-state index in [1.807, 2.05) is 26.8 Å². The minimum Gasteiger partial charge on any atom is -0.354 e. The van der Waals surface area contributed by atoms with E-state index < -0.39 is 5.82 Å². The molecule has 7 heteroatoms. The summed E-state index contributed by atoms with van der Waals surface area (Å²) in [6, 6.07) is 1.87. The molecule has 0 spiro atoms. The Hall–Kier alpha value is -1.76. The van der Waals surface area contributed by atoms with Crippen molar-refractivity contribution in [3.8, 4) is 0 Å². The summed E-state index contributed by atoms with van der Waals surface area (Å²) in [6.07, 6.45) is 1.15. The summed E-state index contributed by atoms with van der Waals surface area (Å²) in [6.45, 7) is 6.35. The van der Waals surface area contributed by atoms with Crippen LogP contribution < -0.4 is 5.32 Å². The molecule has 19 heavy (non-hydrogen) atoms. The topological polar surface area (TPSA) is 63.6 Å². The van der Waals surface area contributed by atoms with Crippen molar-refractivity contribution in [2.45, 2.75) is 31.0 Å². The number of halogens is 1. The molecule has 2 aromatic rings. The van der Waals surface area contributed by atoms with Crippen LogP contribution in [0.3, 0.4) is 0 Å². The summed E-state index contributed by atoms with van der Waals surface area (Å²) in [4.78, 5) is 16.5. The zero-order chi connectivity index (χ0) is 13.8. The van der Waals surface area contributed by atoms with Crippen LogP contribution in [0.15, 0.2) is 22.4 Å². The van der Waals surface area contributed by atoms with Gasteiger partial charge >= 0.3 is 0 Å². The molecule has 0 fully saturated rings. The lowest BCUT2D eigenvalue weighted by Gasteiger charge is -2.05. The summed E-state index contributed by atoms with van der Waals surface area (Å²) < 4.78 is 13.7. The molecular weight excluding hydrogens is 265 g/mol. The molecule has 0 bridgehead atoms. The third-order valence-electron chi connectivity index (χ3n) is 2.20. The minimum atomic E-state index is -0.477. The van der Waals surface area contributed by atoms with Gasteiger partial charge in [0.1, 0.15) is 5.03 Å². The van der Waals surface area contributed by atoms with Crippen LogP contribution >= 0.6 is 11.8 Å². The molecule has 0 unspecified atom stereocenters. The highest BCUT2D eigenvalue weighted by atomic mass is 32.2. The molecule has 0 atom stereocenters. The van der Waals surface area contributed by atoms with Crippen molar-refractivity contribution in [2.24, 2.45) is 0 Å². The molecule has 0 radical (unpaired) electrons. The average Bonchev–Trinajstić information content (AvgIpc) is 2.32. The molecule has 0 aromatic carbocycles. The summed E-state index contributed by atoms with van der Waals surface area (Å²) in [7, 11) is 0. The Morgan fingerprint density at radius 1 is 1.21 bits per heavy atom. The summed E-state index contributed by atoms with van der Waals surface area (Å²) in [5.41, 5.74) is 1.69. The number of nitrogens with zero attached hydrogens (tertiary/aromatic N) is 4. The molecule has 2 aromatic heterocycles. The lowest BCUT2D eigenvalue weighted by Crippen LogP contribution is -2.04. The van der Waals surface area contributed by atoms with Gasteiger partial charge in [0.15, 0.2) is 11.0 Å². The normalized spacial score (nSPS) is 10.5. The van der Waals surface area contributed by atoms with Gasteiger partial charge in [0.25, 0.3) is 0 Å². The molecule has 1 N–H and O–H groups in total. The van der Waals surface area contributed by atoms with Crippen LogP contribution in [0.25, 0.3) is 0 Å². The van der Waals surface area contributed by atoms with E-state index in [1.165, 1.54) is 0 Å². The predicted octanol–water partition coefficient (Wildman–Crippen LogP) is 2.61. The third kappa shape index (κ3) is 3.60. The number of aromatic nitrogens is 4. The van der Waals surface area contributed by atoms with Crippen molar-refractivity contribution < 1.29 is 4.39 Å². The monoisotopic (exact) mass is 279 g/mol. The van der Waals surface area contributed by atoms with E-state index in [1.54, 1.807) is 0 Å². The molecule has 100 valence electrons. The first-order chi connectivity index (χ1) is 9.08. The van der Waals surface area contributed by atoms with Crippen LogP contribution in [-0.2, 0) is 0 Å². The van der Waals surface area contributed by atoms with E-state index in [-0.39, 0.29) is 5.03 Å². The van der Waals surface area contributed by atoms with Crippen molar-refractivity contribution >= 4 is 17.7 Å². The average molecular weight is 279 g/mol. The maximum Gasteiger partial charge on any atom is 0.223 e. The van der Waals surface area contributed by atoms with Crippen molar-refractivity contribution in [3.63, 3.8) is 0 Å². The van der Waals surface area contributed by atoms with E-state index in [0.717, 1.165) is 29.3 Å². The molecule has 0 aliphatic heterocycles. The SMILES string of the molecule is CCNc1ncc(F)c(Sc2nc(C)cc(C)n2)n1. The third-order valence-corrected chi connectivity index (χ3v) is 3.04. The second kappa shape index (κ2) is 5.92. The van der Waals surface area contributed by atoms with Gasteiger partial charge in [-0.15, -0.1) is 0 Å². The first-order valence-corrected chi connectivity index (χ1v) is 6.66. The van der Waals surface area contributed by atoms with Crippen LogP contribution in [0, 0.1) is 19.7 Å². The quantitative estimate of drug-likeness (QED) is 0.685. The molecule has 2 rings (SSSR count). The minimum absolute atomic E-state index is 0.218. The smallest absolute Gasteiger partial charge is 0.223 e. The fourth-order valence-electron chi connectivity index (χ4n) is 1.49. The Balaban J connectivity index is 2.28. The summed E-state index contributed by atoms with van der Waals surface area (Å²) in [5.74, 6) is -0.0785. The summed E-state index contributed by atoms with van der Waals surface area (Å²) >= 11 is 1.09. The highest BCUT2D eigenvalue weighted by Gasteiger charge is 2.11. The number of nitrogens with one attached hydrogen (secondary N) is 1. The highest BCUT2D eigenvalue weighted by Crippen LogP contribution is 2.26. The highest BCUT2D eigenvalue weighted by molar-refractivity contribution is 7.99. The van der Waals surface area contributed by atoms with E-state index in [2.05, 4.69) is 25.3 Å². The summed E-state index contributed by atoms with van der Waals surface area (Å²) in [5, 5.41) is 3.64. The zero-order valence-electron chi connectivity index (χ0n) is 10.9. The Morgan fingerprint density at radius 2 is 1.89 bits per heavy atom. The van der Waals surface area contributed by atoms with Crippen molar-refractivity contribution in [2.75, 3.05) is 11.9 Å². The van der Waals surface area contributed by atoms with Crippen LogP contribution in [0.1, 0.15) is 18.3 Å². The first kappa shape index (κ1) is 13.7. The van der Waals surface area contributed by atoms with Gasteiger partial charge in [-0.3, -0.25) is 0 Å². The van der Waals surface area contributed by atoms with Crippen LogP contribution in [0.4, 0.5) is 10.3 Å². The van der Waals surface area contributed by atoms with E-state index in [0.29, 0.717) is 17.6 Å². The lowest BCUT2D eigenvalue weighted by molar-refractivity contribution is 0.579. The van der Waals surface area contributed by atoms with Crippen LogP contribution in [0.5, 0.6) is 0 Å². The van der Waals surface area contributed by atoms with Crippen molar-refractivity contribution in [1.29, 1.82) is 0 Å². The van der Waals surface area contributed by atoms with Gasteiger partial charge in [-0.2, -0.15) is 0 Å². The molecular formula is C12H14FN5S. The number of hydrogen-bond donors (Lipinski definition) is 1. The van der Waals surface area contributed by atoms with Gasteiger partial charge in [0, 0.05) is 17.9 Å². The predicted molar refractivity (Wildman–Crippen MR) is 71.8 cm³/mol. The Bertz CT molecular complexity index is 570. The van der Waals surface area contributed by atoms with Gasteiger partial charge in [0.05, 0.1) is 6.20 Å². The maximum atomic E-state index is 13.7. The van der Waals surface area contributed by atoms with Gasteiger partial charge in [-0.05, 0) is 38.6 Å².